The zero-order valence-corrected chi connectivity index (χ0v) is 19.9. The molecule has 0 amide bonds. The molecule has 0 unspecified atom stereocenters. The lowest BCUT2D eigenvalue weighted by atomic mass is 9.33. The molecule has 3 aliphatic rings. The van der Waals surface area contributed by atoms with Gasteiger partial charge in [-0.15, -0.1) is 0 Å². The molecule has 9 rings (SSSR count). The summed E-state index contributed by atoms with van der Waals surface area (Å²) in [5.41, 5.74) is 9.41. The van der Waals surface area contributed by atoms with Crippen molar-refractivity contribution in [3.8, 4) is 5.69 Å². The molecule has 0 bridgehead atoms. The smallest absolute Gasteiger partial charge is 0.263 e. The summed E-state index contributed by atoms with van der Waals surface area (Å²) in [6, 6.07) is 36.3. The minimum Gasteiger partial charge on any atom is -0.309 e. The molecule has 0 atom stereocenters. The van der Waals surface area contributed by atoms with Gasteiger partial charge in [0.15, 0.2) is 0 Å². The summed E-state index contributed by atoms with van der Waals surface area (Å²) in [6.07, 6.45) is 0. The van der Waals surface area contributed by atoms with Crippen LogP contribution in [0.4, 0.5) is 17.1 Å². The molecular formula is C31H17BN2OS. The number of rotatable bonds is 0. The maximum absolute atomic E-state index is 14.1. The Labute approximate surface area is 211 Å². The minimum absolute atomic E-state index is 0.0477. The van der Waals surface area contributed by atoms with E-state index in [-0.39, 0.29) is 12.3 Å². The summed E-state index contributed by atoms with van der Waals surface area (Å²) < 4.78 is 1.97. The molecule has 3 nitrogen and oxygen atoms in total. The molecular weight excluding hydrogens is 459 g/mol. The van der Waals surface area contributed by atoms with Crippen LogP contribution in [0.5, 0.6) is 0 Å². The normalized spacial score (nSPS) is 14.0. The summed E-state index contributed by atoms with van der Waals surface area (Å²) in [4.78, 5) is 19.0. The number of para-hydroxylation sites is 3. The quantitative estimate of drug-likeness (QED) is 0.222. The monoisotopic (exact) mass is 476 g/mol. The van der Waals surface area contributed by atoms with Crippen molar-refractivity contribution in [3.05, 3.63) is 113 Å². The molecule has 4 heterocycles. The lowest BCUT2D eigenvalue weighted by Gasteiger charge is -2.43. The Morgan fingerprint density at radius 2 is 1.31 bits per heavy atom. The molecule has 166 valence electrons. The van der Waals surface area contributed by atoms with Crippen LogP contribution in [0, 0.1) is 0 Å². The lowest BCUT2D eigenvalue weighted by Crippen LogP contribution is -2.61. The Balaban J connectivity index is 1.55. The SMILES string of the molecule is O=c1c2ccccc2c2ccc3c4c2n1-c1ccccc1B4c1cccc2c1N3c1ccccc1S2. The van der Waals surface area contributed by atoms with E-state index in [0.717, 1.165) is 33.1 Å². The van der Waals surface area contributed by atoms with Gasteiger partial charge < -0.3 is 4.90 Å². The zero-order chi connectivity index (χ0) is 23.5. The van der Waals surface area contributed by atoms with Gasteiger partial charge >= 0.3 is 0 Å². The summed E-state index contributed by atoms with van der Waals surface area (Å²) >= 11 is 1.84. The molecule has 0 radical (unpaired) electrons. The molecule has 0 N–H and O–H groups in total. The van der Waals surface area contributed by atoms with E-state index in [4.69, 9.17) is 0 Å². The number of pyridine rings is 1. The second-order valence-electron chi connectivity index (χ2n) is 9.67. The highest BCUT2D eigenvalue weighted by Crippen LogP contribution is 2.52. The predicted octanol–water partition coefficient (Wildman–Crippen LogP) is 5.22. The highest BCUT2D eigenvalue weighted by molar-refractivity contribution is 7.99. The van der Waals surface area contributed by atoms with E-state index in [9.17, 15) is 4.79 Å². The van der Waals surface area contributed by atoms with Crippen LogP contribution in [0.2, 0.25) is 0 Å². The summed E-state index contributed by atoms with van der Waals surface area (Å²) in [5, 5.41) is 2.91. The van der Waals surface area contributed by atoms with Gasteiger partial charge in [0, 0.05) is 31.9 Å². The fourth-order valence-electron chi connectivity index (χ4n) is 6.62. The topological polar surface area (TPSA) is 25.2 Å². The highest BCUT2D eigenvalue weighted by Gasteiger charge is 2.43. The first-order chi connectivity index (χ1) is 17.8. The van der Waals surface area contributed by atoms with Gasteiger partial charge in [0.1, 0.15) is 0 Å². The minimum atomic E-state index is 0.0477. The lowest BCUT2D eigenvalue weighted by molar-refractivity contribution is 1.06. The van der Waals surface area contributed by atoms with E-state index in [2.05, 4.69) is 83.8 Å². The van der Waals surface area contributed by atoms with Crippen molar-refractivity contribution in [3.63, 3.8) is 0 Å². The van der Waals surface area contributed by atoms with E-state index in [1.807, 2.05) is 40.6 Å². The van der Waals surface area contributed by atoms with Crippen LogP contribution in [-0.2, 0) is 0 Å². The van der Waals surface area contributed by atoms with Crippen LogP contribution in [0.25, 0.3) is 27.4 Å². The molecule has 5 heteroatoms. The van der Waals surface area contributed by atoms with Gasteiger partial charge in [-0.2, -0.15) is 0 Å². The first kappa shape index (κ1) is 19.0. The summed E-state index contributed by atoms with van der Waals surface area (Å²) in [7, 11) is 0. The Bertz CT molecular complexity index is 2030. The van der Waals surface area contributed by atoms with Crippen molar-refractivity contribution in [1.29, 1.82) is 0 Å². The Kier molecular flexibility index (Phi) is 3.44. The second kappa shape index (κ2) is 6.51. The number of hydrogen-bond acceptors (Lipinski definition) is 3. The number of anilines is 3. The van der Waals surface area contributed by atoms with E-state index < -0.39 is 0 Å². The maximum atomic E-state index is 14.1. The van der Waals surface area contributed by atoms with Gasteiger partial charge in [-0.25, -0.2) is 0 Å². The van der Waals surface area contributed by atoms with Gasteiger partial charge in [-0.05, 0) is 58.2 Å². The Hall–Kier alpha value is -4.22. The van der Waals surface area contributed by atoms with Crippen molar-refractivity contribution in [2.24, 2.45) is 0 Å². The molecule has 0 spiro atoms. The third-order valence-electron chi connectivity index (χ3n) is 7.98. The van der Waals surface area contributed by atoms with Crippen molar-refractivity contribution in [1.82, 2.24) is 4.57 Å². The van der Waals surface area contributed by atoms with Gasteiger partial charge in [0.25, 0.3) is 12.3 Å². The molecule has 0 saturated carbocycles. The molecule has 6 aromatic rings. The third kappa shape index (κ3) is 2.12. The average molecular weight is 476 g/mol. The van der Waals surface area contributed by atoms with Crippen LogP contribution >= 0.6 is 11.8 Å². The molecule has 0 aliphatic carbocycles. The molecule has 5 aromatic carbocycles. The molecule has 3 aliphatic heterocycles. The molecule has 1 aromatic heterocycles. The number of aromatic nitrogens is 1. The van der Waals surface area contributed by atoms with Crippen molar-refractivity contribution in [2.45, 2.75) is 9.79 Å². The largest absolute Gasteiger partial charge is 0.309 e. The van der Waals surface area contributed by atoms with Crippen LogP contribution in [0.3, 0.4) is 0 Å². The summed E-state index contributed by atoms with van der Waals surface area (Å²) in [6.45, 7) is 0.0672. The first-order valence-corrected chi connectivity index (χ1v) is 13.0. The number of fused-ring (bicyclic) bond motifs is 9. The van der Waals surface area contributed by atoms with Crippen molar-refractivity contribution >= 4 is 73.6 Å². The molecule has 36 heavy (non-hydrogen) atoms. The molecule has 0 fully saturated rings. The van der Waals surface area contributed by atoms with Crippen LogP contribution < -0.4 is 26.8 Å². The number of benzene rings is 5. The second-order valence-corrected chi connectivity index (χ2v) is 10.8. The Morgan fingerprint density at radius 3 is 2.22 bits per heavy atom. The predicted molar refractivity (Wildman–Crippen MR) is 151 cm³/mol. The highest BCUT2D eigenvalue weighted by atomic mass is 32.2. The van der Waals surface area contributed by atoms with Crippen molar-refractivity contribution in [2.75, 3.05) is 4.90 Å². The number of nitrogens with zero attached hydrogens (tertiary/aromatic N) is 2. The van der Waals surface area contributed by atoms with Crippen molar-refractivity contribution < 1.29 is 0 Å². The van der Waals surface area contributed by atoms with E-state index in [1.165, 1.54) is 37.6 Å². The average Bonchev–Trinajstić information content (AvgIpc) is 2.93. The fraction of sp³-hybridized carbons (Fsp3) is 0. The maximum Gasteiger partial charge on any atom is 0.263 e. The van der Waals surface area contributed by atoms with Gasteiger partial charge in [0.2, 0.25) is 0 Å². The van der Waals surface area contributed by atoms with E-state index >= 15 is 0 Å². The first-order valence-electron chi connectivity index (χ1n) is 12.2. The van der Waals surface area contributed by atoms with Crippen LogP contribution in [0.1, 0.15) is 0 Å². The zero-order valence-electron chi connectivity index (χ0n) is 19.1. The summed E-state index contributed by atoms with van der Waals surface area (Å²) in [5.74, 6) is 0. The van der Waals surface area contributed by atoms with Crippen LogP contribution in [0.15, 0.2) is 118 Å². The fourth-order valence-corrected chi connectivity index (χ4v) is 7.72. The van der Waals surface area contributed by atoms with Gasteiger partial charge in [-0.3, -0.25) is 9.36 Å². The van der Waals surface area contributed by atoms with E-state index in [0.29, 0.717) is 0 Å². The van der Waals surface area contributed by atoms with E-state index in [1.54, 1.807) is 0 Å². The third-order valence-corrected chi connectivity index (χ3v) is 9.09. The number of hydrogen-bond donors (Lipinski definition) is 0. The Morgan fingerprint density at radius 1 is 0.583 bits per heavy atom. The van der Waals surface area contributed by atoms with Gasteiger partial charge in [0.05, 0.1) is 16.9 Å². The van der Waals surface area contributed by atoms with Gasteiger partial charge in [-0.1, -0.05) is 78.5 Å². The molecule has 0 saturated heterocycles. The standard InChI is InChI=1S/C31H17BN2OS/c35-31-20-9-2-1-8-18(20)19-16-17-25-28-29(19)34(31)23-12-4-3-10-21(23)32(28)22-11-7-15-27-30(22)33(25)24-13-5-6-14-26(24)36-27/h1-17H. The van der Waals surface area contributed by atoms with Crippen LogP contribution in [-0.4, -0.2) is 11.3 Å².